The Morgan fingerprint density at radius 2 is 1.90 bits per heavy atom. The molecule has 0 aliphatic heterocycles. The van der Waals surface area contributed by atoms with Crippen molar-refractivity contribution in [2.24, 2.45) is 0 Å². The van der Waals surface area contributed by atoms with Crippen molar-refractivity contribution in [3.63, 3.8) is 0 Å². The molecule has 0 unspecified atom stereocenters. The van der Waals surface area contributed by atoms with Crippen molar-refractivity contribution in [1.82, 2.24) is 5.32 Å². The lowest BCUT2D eigenvalue weighted by molar-refractivity contribution is -0.384. The molecule has 0 bridgehead atoms. The molecular formula is C15H16N2O3. The first-order valence-electron chi connectivity index (χ1n) is 6.28. The minimum atomic E-state index is -0.406. The van der Waals surface area contributed by atoms with Gasteiger partial charge in [0.1, 0.15) is 12.4 Å². The van der Waals surface area contributed by atoms with Gasteiger partial charge in [-0.15, -0.1) is 0 Å². The van der Waals surface area contributed by atoms with Gasteiger partial charge in [0.25, 0.3) is 5.69 Å². The zero-order valence-corrected chi connectivity index (χ0v) is 11.2. The van der Waals surface area contributed by atoms with Crippen LogP contribution < -0.4 is 10.1 Å². The van der Waals surface area contributed by atoms with E-state index in [9.17, 15) is 10.1 Å². The number of ether oxygens (including phenoxy) is 1. The van der Waals surface area contributed by atoms with Gasteiger partial charge in [0.15, 0.2) is 0 Å². The maximum Gasteiger partial charge on any atom is 0.269 e. The third-order valence-electron chi connectivity index (χ3n) is 2.81. The first kappa shape index (κ1) is 14.0. The molecule has 1 N–H and O–H groups in total. The predicted molar refractivity (Wildman–Crippen MR) is 76.6 cm³/mol. The highest BCUT2D eigenvalue weighted by Crippen LogP contribution is 2.17. The van der Waals surface area contributed by atoms with Crippen molar-refractivity contribution in [1.29, 1.82) is 0 Å². The molecule has 5 heteroatoms. The van der Waals surface area contributed by atoms with E-state index in [-0.39, 0.29) is 5.69 Å². The molecule has 0 aliphatic rings. The van der Waals surface area contributed by atoms with Crippen LogP contribution in [0.25, 0.3) is 0 Å². The Morgan fingerprint density at radius 3 is 2.65 bits per heavy atom. The van der Waals surface area contributed by atoms with Gasteiger partial charge in [-0.05, 0) is 30.3 Å². The molecule has 0 spiro atoms. The lowest BCUT2D eigenvalue weighted by Crippen LogP contribution is -2.05. The number of nitrogens with one attached hydrogen (secondary N) is 1. The van der Waals surface area contributed by atoms with Gasteiger partial charge in [-0.1, -0.05) is 24.3 Å². The normalized spacial score (nSPS) is 10.2. The summed E-state index contributed by atoms with van der Waals surface area (Å²) in [6, 6.07) is 14.2. The van der Waals surface area contributed by atoms with Crippen LogP contribution >= 0.6 is 0 Å². The lowest BCUT2D eigenvalue weighted by Gasteiger charge is -2.08. The summed E-state index contributed by atoms with van der Waals surface area (Å²) in [5, 5.41) is 13.8. The number of nitro groups is 1. The zero-order chi connectivity index (χ0) is 14.4. The number of benzene rings is 2. The van der Waals surface area contributed by atoms with E-state index in [1.165, 1.54) is 12.1 Å². The van der Waals surface area contributed by atoms with Crippen LogP contribution in [0.2, 0.25) is 0 Å². The summed E-state index contributed by atoms with van der Waals surface area (Å²) < 4.78 is 5.66. The summed E-state index contributed by atoms with van der Waals surface area (Å²) in [7, 11) is 1.89. The van der Waals surface area contributed by atoms with Crippen LogP contribution in [-0.2, 0) is 13.2 Å². The van der Waals surface area contributed by atoms with Crippen molar-refractivity contribution < 1.29 is 9.66 Å². The van der Waals surface area contributed by atoms with Crippen LogP contribution in [-0.4, -0.2) is 12.0 Å². The van der Waals surface area contributed by atoms with Crippen molar-refractivity contribution >= 4 is 5.69 Å². The molecule has 0 saturated heterocycles. The summed E-state index contributed by atoms with van der Waals surface area (Å²) >= 11 is 0. The summed E-state index contributed by atoms with van der Waals surface area (Å²) in [6.45, 7) is 1.08. The van der Waals surface area contributed by atoms with E-state index in [2.05, 4.69) is 5.32 Å². The third-order valence-corrected chi connectivity index (χ3v) is 2.81. The molecular weight excluding hydrogens is 256 g/mol. The van der Waals surface area contributed by atoms with Crippen molar-refractivity contribution in [2.75, 3.05) is 7.05 Å². The highest BCUT2D eigenvalue weighted by Gasteiger charge is 2.06. The van der Waals surface area contributed by atoms with E-state index in [1.807, 2.05) is 37.4 Å². The van der Waals surface area contributed by atoms with Crippen LogP contribution in [0, 0.1) is 10.1 Å². The Labute approximate surface area is 117 Å². The number of non-ortho nitro benzene ring substituents is 1. The second-order valence-electron chi connectivity index (χ2n) is 4.39. The molecule has 2 aromatic rings. The fourth-order valence-corrected chi connectivity index (χ4v) is 1.88. The number of hydrogen-bond donors (Lipinski definition) is 1. The average molecular weight is 272 g/mol. The minimum Gasteiger partial charge on any atom is -0.489 e. The molecule has 0 heterocycles. The van der Waals surface area contributed by atoms with Gasteiger partial charge < -0.3 is 10.1 Å². The van der Waals surface area contributed by atoms with E-state index in [4.69, 9.17) is 4.74 Å². The number of hydrogen-bond acceptors (Lipinski definition) is 4. The topological polar surface area (TPSA) is 64.4 Å². The summed E-state index contributed by atoms with van der Waals surface area (Å²) in [6.07, 6.45) is 0. The van der Waals surface area contributed by atoms with Crippen molar-refractivity contribution in [3.8, 4) is 5.75 Å². The lowest BCUT2D eigenvalue weighted by atomic mass is 10.2. The van der Waals surface area contributed by atoms with Gasteiger partial charge in [-0.25, -0.2) is 0 Å². The molecule has 0 radical (unpaired) electrons. The Balaban J connectivity index is 2.03. The quantitative estimate of drug-likeness (QED) is 0.648. The molecule has 104 valence electrons. The van der Waals surface area contributed by atoms with Gasteiger partial charge in [-0.3, -0.25) is 10.1 Å². The summed E-state index contributed by atoms with van der Waals surface area (Å²) in [5.41, 5.74) is 1.98. The molecule has 0 amide bonds. The van der Waals surface area contributed by atoms with Gasteiger partial charge in [0, 0.05) is 18.7 Å². The smallest absolute Gasteiger partial charge is 0.269 e. The number of nitrogens with zero attached hydrogens (tertiary/aromatic N) is 1. The highest BCUT2D eigenvalue weighted by atomic mass is 16.6. The Morgan fingerprint density at radius 1 is 1.15 bits per heavy atom. The fraction of sp³-hybridized carbons (Fsp3) is 0.200. The molecule has 2 rings (SSSR count). The number of rotatable bonds is 6. The van der Waals surface area contributed by atoms with Crippen LogP contribution in [0.1, 0.15) is 11.1 Å². The third kappa shape index (κ3) is 3.80. The average Bonchev–Trinajstić information content (AvgIpc) is 2.46. The minimum absolute atomic E-state index is 0.0787. The molecule has 0 saturated carbocycles. The van der Waals surface area contributed by atoms with E-state index < -0.39 is 4.92 Å². The largest absolute Gasteiger partial charge is 0.489 e. The molecule has 0 aromatic heterocycles. The van der Waals surface area contributed by atoms with Crippen molar-refractivity contribution in [3.05, 3.63) is 69.8 Å². The van der Waals surface area contributed by atoms with Gasteiger partial charge in [-0.2, -0.15) is 0 Å². The standard InChI is InChI=1S/C15H16N2O3/c1-16-10-12-4-3-7-15(9-12)20-11-13-5-2-6-14(8-13)17(18)19/h2-9,16H,10-11H2,1H3. The zero-order valence-electron chi connectivity index (χ0n) is 11.2. The van der Waals surface area contributed by atoms with E-state index >= 15 is 0 Å². The predicted octanol–water partition coefficient (Wildman–Crippen LogP) is 2.89. The first-order chi connectivity index (χ1) is 9.69. The molecule has 0 fully saturated rings. The highest BCUT2D eigenvalue weighted by molar-refractivity contribution is 5.34. The van der Waals surface area contributed by atoms with Crippen LogP contribution in [0.5, 0.6) is 5.75 Å². The van der Waals surface area contributed by atoms with Gasteiger partial charge in [0.05, 0.1) is 4.92 Å². The maximum atomic E-state index is 10.7. The van der Waals surface area contributed by atoms with Gasteiger partial charge >= 0.3 is 0 Å². The summed E-state index contributed by atoms with van der Waals surface area (Å²) in [5.74, 6) is 0.754. The monoisotopic (exact) mass is 272 g/mol. The Hall–Kier alpha value is -2.40. The fourth-order valence-electron chi connectivity index (χ4n) is 1.88. The van der Waals surface area contributed by atoms with E-state index in [0.717, 1.165) is 23.4 Å². The van der Waals surface area contributed by atoms with E-state index in [0.29, 0.717) is 6.61 Å². The summed E-state index contributed by atoms with van der Waals surface area (Å²) in [4.78, 5) is 10.3. The second-order valence-corrected chi connectivity index (χ2v) is 4.39. The molecule has 0 atom stereocenters. The molecule has 2 aromatic carbocycles. The maximum absolute atomic E-state index is 10.7. The van der Waals surface area contributed by atoms with E-state index in [1.54, 1.807) is 6.07 Å². The second kappa shape index (κ2) is 6.68. The first-order valence-corrected chi connectivity index (χ1v) is 6.28. The van der Waals surface area contributed by atoms with Crippen LogP contribution in [0.3, 0.4) is 0 Å². The van der Waals surface area contributed by atoms with Crippen LogP contribution in [0.15, 0.2) is 48.5 Å². The van der Waals surface area contributed by atoms with Gasteiger partial charge in [0.2, 0.25) is 0 Å². The Bertz CT molecular complexity index is 599. The Kier molecular flexibility index (Phi) is 4.68. The molecule has 0 aliphatic carbocycles. The molecule has 5 nitrogen and oxygen atoms in total. The molecule has 20 heavy (non-hydrogen) atoms. The van der Waals surface area contributed by atoms with Crippen LogP contribution in [0.4, 0.5) is 5.69 Å². The van der Waals surface area contributed by atoms with Crippen molar-refractivity contribution in [2.45, 2.75) is 13.2 Å². The number of nitro benzene ring substituents is 1. The SMILES string of the molecule is CNCc1cccc(OCc2cccc([N+](=O)[O-])c2)c1.